The summed E-state index contributed by atoms with van der Waals surface area (Å²) < 4.78 is 16.3. The van der Waals surface area contributed by atoms with Gasteiger partial charge in [-0.1, -0.05) is 18.2 Å². The van der Waals surface area contributed by atoms with Gasteiger partial charge in [0.15, 0.2) is 5.82 Å². The Kier molecular flexibility index (Phi) is 4.17. The van der Waals surface area contributed by atoms with Gasteiger partial charge in [0.2, 0.25) is 5.95 Å². The molecule has 0 atom stereocenters. The van der Waals surface area contributed by atoms with E-state index in [1.807, 2.05) is 23.9 Å². The first-order valence-corrected chi connectivity index (χ1v) is 8.58. The van der Waals surface area contributed by atoms with Crippen molar-refractivity contribution in [2.75, 3.05) is 18.0 Å². The first kappa shape index (κ1) is 15.7. The van der Waals surface area contributed by atoms with E-state index >= 15 is 0 Å². The van der Waals surface area contributed by atoms with Gasteiger partial charge in [-0.15, -0.1) is 0 Å². The van der Waals surface area contributed by atoms with Crippen molar-refractivity contribution in [3.63, 3.8) is 0 Å². The molecule has 0 N–H and O–H groups in total. The van der Waals surface area contributed by atoms with Crippen molar-refractivity contribution in [3.8, 4) is 22.6 Å². The summed E-state index contributed by atoms with van der Waals surface area (Å²) in [5.74, 6) is 1.11. The molecule has 1 aromatic carbocycles. The van der Waals surface area contributed by atoms with Crippen LogP contribution in [-0.4, -0.2) is 32.6 Å². The Labute approximate surface area is 146 Å². The summed E-state index contributed by atoms with van der Waals surface area (Å²) in [6.45, 7) is 1.91. The van der Waals surface area contributed by atoms with E-state index in [1.54, 1.807) is 24.5 Å². The van der Waals surface area contributed by atoms with Crippen LogP contribution in [0.1, 0.15) is 19.3 Å². The van der Waals surface area contributed by atoms with Crippen molar-refractivity contribution in [1.82, 2.24) is 19.5 Å². The number of hydrogen-bond acceptors (Lipinski definition) is 4. The molecule has 0 saturated carbocycles. The van der Waals surface area contributed by atoms with Crippen LogP contribution in [0.5, 0.6) is 0 Å². The number of rotatable bonds is 3. The number of aryl methyl sites for hydroxylation is 1. The summed E-state index contributed by atoms with van der Waals surface area (Å²) in [5.41, 5.74) is 1.81. The van der Waals surface area contributed by atoms with Gasteiger partial charge in [-0.3, -0.25) is 0 Å². The Hall–Kier alpha value is -2.76. The van der Waals surface area contributed by atoms with Gasteiger partial charge in [0.05, 0.1) is 0 Å². The molecule has 25 heavy (non-hydrogen) atoms. The smallest absolute Gasteiger partial charge is 0.226 e. The monoisotopic (exact) mass is 337 g/mol. The number of halogens is 1. The van der Waals surface area contributed by atoms with Gasteiger partial charge >= 0.3 is 0 Å². The fourth-order valence-corrected chi connectivity index (χ4v) is 3.26. The third-order valence-corrected chi connectivity index (χ3v) is 4.61. The van der Waals surface area contributed by atoms with E-state index in [0.29, 0.717) is 28.6 Å². The molecular formula is C19H20FN5. The number of anilines is 1. The highest BCUT2D eigenvalue weighted by Gasteiger charge is 2.20. The molecule has 0 spiro atoms. The van der Waals surface area contributed by atoms with Crippen LogP contribution in [0.25, 0.3) is 22.6 Å². The molecule has 0 bridgehead atoms. The largest absolute Gasteiger partial charge is 0.341 e. The average Bonchev–Trinajstić information content (AvgIpc) is 3.08. The number of nitrogens with zero attached hydrogens (tertiary/aromatic N) is 5. The van der Waals surface area contributed by atoms with Crippen LogP contribution in [0.2, 0.25) is 0 Å². The van der Waals surface area contributed by atoms with Crippen LogP contribution in [0.4, 0.5) is 10.3 Å². The summed E-state index contributed by atoms with van der Waals surface area (Å²) in [7, 11) is 1.91. The summed E-state index contributed by atoms with van der Waals surface area (Å²) in [5, 5.41) is 0. The summed E-state index contributed by atoms with van der Waals surface area (Å²) in [4.78, 5) is 15.9. The van der Waals surface area contributed by atoms with E-state index < -0.39 is 0 Å². The molecule has 3 aromatic rings. The van der Waals surface area contributed by atoms with Crippen LogP contribution >= 0.6 is 0 Å². The molecule has 0 unspecified atom stereocenters. The Bertz CT molecular complexity index is 883. The molecule has 4 rings (SSSR count). The number of piperidine rings is 1. The zero-order valence-electron chi connectivity index (χ0n) is 14.2. The molecule has 0 radical (unpaired) electrons. The van der Waals surface area contributed by atoms with Crippen molar-refractivity contribution in [2.45, 2.75) is 19.3 Å². The van der Waals surface area contributed by atoms with E-state index in [4.69, 9.17) is 4.98 Å². The quantitative estimate of drug-likeness (QED) is 0.731. The van der Waals surface area contributed by atoms with Crippen molar-refractivity contribution in [1.29, 1.82) is 0 Å². The van der Waals surface area contributed by atoms with Gasteiger partial charge in [0.1, 0.15) is 11.5 Å². The summed E-state index contributed by atoms with van der Waals surface area (Å²) >= 11 is 0. The van der Waals surface area contributed by atoms with Crippen LogP contribution < -0.4 is 4.90 Å². The van der Waals surface area contributed by atoms with Crippen LogP contribution in [0, 0.1) is 5.82 Å². The molecule has 2 aromatic heterocycles. The van der Waals surface area contributed by atoms with Crippen LogP contribution in [-0.2, 0) is 7.05 Å². The van der Waals surface area contributed by atoms with E-state index in [9.17, 15) is 4.39 Å². The lowest BCUT2D eigenvalue weighted by Gasteiger charge is -2.27. The van der Waals surface area contributed by atoms with Gasteiger partial charge in [-0.2, -0.15) is 0 Å². The molecule has 128 valence electrons. The third kappa shape index (κ3) is 2.99. The van der Waals surface area contributed by atoms with Gasteiger partial charge in [0, 0.05) is 49.9 Å². The van der Waals surface area contributed by atoms with Gasteiger partial charge < -0.3 is 9.47 Å². The lowest BCUT2D eigenvalue weighted by molar-refractivity contribution is 0.568. The summed E-state index contributed by atoms with van der Waals surface area (Å²) in [6, 6.07) is 6.71. The number of hydrogen-bond donors (Lipinski definition) is 0. The summed E-state index contributed by atoms with van der Waals surface area (Å²) in [6.07, 6.45) is 8.86. The minimum absolute atomic E-state index is 0.285. The topological polar surface area (TPSA) is 46.8 Å². The lowest BCUT2D eigenvalue weighted by atomic mass is 10.0. The highest BCUT2D eigenvalue weighted by atomic mass is 19.1. The second-order valence-corrected chi connectivity index (χ2v) is 6.32. The first-order valence-electron chi connectivity index (χ1n) is 8.58. The number of imidazole rings is 1. The number of benzene rings is 1. The minimum Gasteiger partial charge on any atom is -0.341 e. The molecule has 3 heterocycles. The third-order valence-electron chi connectivity index (χ3n) is 4.61. The van der Waals surface area contributed by atoms with Gasteiger partial charge in [0.25, 0.3) is 0 Å². The lowest BCUT2D eigenvalue weighted by Crippen LogP contribution is -2.31. The van der Waals surface area contributed by atoms with Crippen molar-refractivity contribution >= 4 is 5.95 Å². The Morgan fingerprint density at radius 1 is 1.00 bits per heavy atom. The van der Waals surface area contributed by atoms with E-state index in [1.165, 1.54) is 12.5 Å². The average molecular weight is 337 g/mol. The SMILES string of the molecule is Cn1ccnc1-c1nc(N2CCCCC2)ncc1-c1ccccc1F. The van der Waals surface area contributed by atoms with Crippen LogP contribution in [0.3, 0.4) is 0 Å². The standard InChI is InChI=1S/C19H20FN5/c1-24-12-9-21-18(24)17-15(14-7-3-4-8-16(14)20)13-22-19(23-17)25-10-5-2-6-11-25/h3-4,7-9,12-13H,2,5-6,10-11H2,1H3. The molecule has 0 amide bonds. The molecule has 1 aliphatic heterocycles. The van der Waals surface area contributed by atoms with Crippen molar-refractivity contribution < 1.29 is 4.39 Å². The van der Waals surface area contributed by atoms with Crippen molar-refractivity contribution in [3.05, 3.63) is 48.7 Å². The van der Waals surface area contributed by atoms with E-state index in [0.717, 1.165) is 25.9 Å². The fraction of sp³-hybridized carbons (Fsp3) is 0.316. The highest BCUT2D eigenvalue weighted by Crippen LogP contribution is 2.32. The Morgan fingerprint density at radius 3 is 2.52 bits per heavy atom. The van der Waals surface area contributed by atoms with Gasteiger partial charge in [-0.25, -0.2) is 19.3 Å². The second kappa shape index (κ2) is 6.63. The maximum atomic E-state index is 14.4. The Balaban J connectivity index is 1.86. The molecule has 1 fully saturated rings. The molecule has 0 aliphatic carbocycles. The molecular weight excluding hydrogens is 317 g/mol. The predicted molar refractivity (Wildman–Crippen MR) is 95.7 cm³/mol. The van der Waals surface area contributed by atoms with E-state index in [-0.39, 0.29) is 5.82 Å². The Morgan fingerprint density at radius 2 is 1.80 bits per heavy atom. The zero-order valence-corrected chi connectivity index (χ0v) is 14.2. The molecule has 5 nitrogen and oxygen atoms in total. The normalized spacial score (nSPS) is 14.7. The highest BCUT2D eigenvalue weighted by molar-refractivity contribution is 5.78. The maximum absolute atomic E-state index is 14.4. The predicted octanol–water partition coefficient (Wildman–Crippen LogP) is 3.67. The van der Waals surface area contributed by atoms with Crippen molar-refractivity contribution in [2.24, 2.45) is 7.05 Å². The van der Waals surface area contributed by atoms with E-state index in [2.05, 4.69) is 14.9 Å². The van der Waals surface area contributed by atoms with Crippen LogP contribution in [0.15, 0.2) is 42.9 Å². The molecule has 1 aliphatic rings. The molecule has 6 heteroatoms. The maximum Gasteiger partial charge on any atom is 0.226 e. The minimum atomic E-state index is -0.285. The van der Waals surface area contributed by atoms with Gasteiger partial charge in [-0.05, 0) is 25.3 Å². The second-order valence-electron chi connectivity index (χ2n) is 6.32. The number of aromatic nitrogens is 4. The molecule has 1 saturated heterocycles. The zero-order chi connectivity index (χ0) is 17.2. The first-order chi connectivity index (χ1) is 12.2. The fourth-order valence-electron chi connectivity index (χ4n) is 3.26.